The first-order valence-electron chi connectivity index (χ1n) is 4.65. The Bertz CT molecular complexity index is 866. The third-order valence-electron chi connectivity index (χ3n) is 2.31. The zero-order valence-corrected chi connectivity index (χ0v) is 10.7. The van der Waals surface area contributed by atoms with E-state index in [-0.39, 0.29) is 10.8 Å². The van der Waals surface area contributed by atoms with Crippen LogP contribution in [0.4, 0.5) is 0 Å². The molecule has 3 N–H and O–H groups in total. The van der Waals surface area contributed by atoms with E-state index < -0.39 is 35.8 Å². The van der Waals surface area contributed by atoms with E-state index in [9.17, 15) is 21.9 Å². The molecule has 100 valence electrons. The topological polar surface area (TPSA) is 129 Å². The van der Waals surface area contributed by atoms with Crippen molar-refractivity contribution in [3.05, 3.63) is 30.3 Å². The number of benzene rings is 2. The average Bonchev–Trinajstić information content (AvgIpc) is 2.25. The molecule has 2 radical (unpaired) electrons. The van der Waals surface area contributed by atoms with Crippen LogP contribution >= 0.6 is 0 Å². The van der Waals surface area contributed by atoms with E-state index in [0.29, 0.717) is 0 Å². The number of rotatable bonds is 2. The molecule has 2 rings (SSSR count). The molecular weight excluding hydrogens is 296 g/mol. The van der Waals surface area contributed by atoms with Crippen molar-refractivity contribution in [3.63, 3.8) is 0 Å². The minimum Gasteiger partial charge on any atom is -0.507 e. The second-order valence-corrected chi connectivity index (χ2v) is 6.31. The Morgan fingerprint density at radius 2 is 1.63 bits per heavy atom. The number of fused-ring (bicyclic) bond motifs is 1. The Labute approximate surface area is 108 Å². The highest BCUT2D eigenvalue weighted by Crippen LogP contribution is 2.31. The van der Waals surface area contributed by atoms with E-state index >= 15 is 0 Å². The summed E-state index contributed by atoms with van der Waals surface area (Å²) in [6, 6.07) is 7.37. The highest BCUT2D eigenvalue weighted by Gasteiger charge is 2.20. The van der Waals surface area contributed by atoms with Gasteiger partial charge < -0.3 is 5.11 Å². The van der Waals surface area contributed by atoms with Gasteiger partial charge in [-0.3, -0.25) is 9.11 Å². The number of phenols is 1. The fourth-order valence-electron chi connectivity index (χ4n) is 1.54. The summed E-state index contributed by atoms with van der Waals surface area (Å²) in [7, 11) is -9.35. The van der Waals surface area contributed by atoms with Crippen LogP contribution < -0.4 is 0 Å². The molecule has 0 heterocycles. The third kappa shape index (κ3) is 2.54. The first-order valence-corrected chi connectivity index (χ1v) is 7.53. The molecule has 0 saturated carbocycles. The van der Waals surface area contributed by atoms with Crippen LogP contribution in [0.25, 0.3) is 10.8 Å². The van der Waals surface area contributed by atoms with Crippen molar-refractivity contribution in [1.29, 1.82) is 0 Å². The molecule has 0 aliphatic carbocycles. The maximum absolute atomic E-state index is 11.1. The maximum Gasteiger partial charge on any atom is 0.295 e. The summed E-state index contributed by atoms with van der Waals surface area (Å²) in [6.07, 6.45) is 0. The zero-order valence-electron chi connectivity index (χ0n) is 9.02. The Morgan fingerprint density at radius 3 is 2.16 bits per heavy atom. The van der Waals surface area contributed by atoms with Crippen LogP contribution in [-0.4, -0.2) is 31.0 Å². The third-order valence-corrected chi connectivity index (χ3v) is 3.94. The van der Waals surface area contributed by atoms with Crippen LogP contribution in [0, 0.1) is 12.1 Å². The summed E-state index contributed by atoms with van der Waals surface area (Å²) >= 11 is 0. The van der Waals surface area contributed by atoms with Gasteiger partial charge in [-0.1, -0.05) is 6.07 Å². The summed E-state index contributed by atoms with van der Waals surface area (Å²) in [5.41, 5.74) is 0. The van der Waals surface area contributed by atoms with Gasteiger partial charge in [0, 0.05) is 16.8 Å². The summed E-state index contributed by atoms with van der Waals surface area (Å²) < 4.78 is 62.1. The molecule has 0 bridgehead atoms. The lowest BCUT2D eigenvalue weighted by atomic mass is 10.1. The van der Waals surface area contributed by atoms with Crippen molar-refractivity contribution >= 4 is 31.0 Å². The second kappa shape index (κ2) is 4.17. The molecule has 0 fully saturated rings. The standard InChI is InChI=1S/C10H6O7S2/c11-9-5-6(18(12,13)14)4-8-7(9)2-1-3-10(8)19(15,16)17/h1-2,4,11H,(H,12,13,14)(H,15,16,17). The predicted molar refractivity (Wildman–Crippen MR) is 62.9 cm³/mol. The van der Waals surface area contributed by atoms with Crippen LogP contribution in [0.5, 0.6) is 5.75 Å². The van der Waals surface area contributed by atoms with Crippen molar-refractivity contribution in [2.24, 2.45) is 0 Å². The number of hydrogen-bond acceptors (Lipinski definition) is 5. The van der Waals surface area contributed by atoms with Gasteiger partial charge in [0.2, 0.25) is 0 Å². The summed E-state index contributed by atoms with van der Waals surface area (Å²) in [5, 5.41) is 9.23. The quantitative estimate of drug-likeness (QED) is 0.694. The Kier molecular flexibility index (Phi) is 3.01. The van der Waals surface area contributed by atoms with Crippen molar-refractivity contribution in [1.82, 2.24) is 0 Å². The van der Waals surface area contributed by atoms with E-state index in [0.717, 1.165) is 12.1 Å². The van der Waals surface area contributed by atoms with Crippen LogP contribution in [-0.2, 0) is 20.2 Å². The zero-order chi connectivity index (χ0) is 14.4. The van der Waals surface area contributed by atoms with Gasteiger partial charge in [0.1, 0.15) is 15.5 Å². The minimum absolute atomic E-state index is 0.0567. The van der Waals surface area contributed by atoms with Gasteiger partial charge in [-0.05, 0) is 12.1 Å². The van der Waals surface area contributed by atoms with Gasteiger partial charge in [0.05, 0.1) is 6.07 Å². The Balaban J connectivity index is 3.01. The SMILES string of the molecule is O=S(=O)(O)c1[c]c(O)c2cc[c]c(S(=O)(=O)O)c2c1. The maximum atomic E-state index is 11.1. The molecule has 9 heteroatoms. The fraction of sp³-hybridized carbons (Fsp3) is 0. The minimum atomic E-state index is -4.68. The summed E-state index contributed by atoms with van der Waals surface area (Å²) in [5.74, 6) is -0.677. The summed E-state index contributed by atoms with van der Waals surface area (Å²) in [6.45, 7) is 0. The van der Waals surface area contributed by atoms with Crippen molar-refractivity contribution in [2.45, 2.75) is 9.79 Å². The first kappa shape index (κ1) is 13.7. The molecule has 0 aliphatic heterocycles. The molecule has 7 nitrogen and oxygen atoms in total. The molecule has 0 saturated heterocycles. The van der Waals surface area contributed by atoms with Crippen molar-refractivity contribution < 1.29 is 31.0 Å². The van der Waals surface area contributed by atoms with E-state index in [1.807, 2.05) is 6.07 Å². The molecule has 0 amide bonds. The largest absolute Gasteiger partial charge is 0.507 e. The van der Waals surface area contributed by atoms with Crippen molar-refractivity contribution in [3.8, 4) is 5.75 Å². The monoisotopic (exact) mass is 302 g/mol. The second-order valence-electron chi connectivity index (χ2n) is 3.57. The van der Waals surface area contributed by atoms with Crippen molar-refractivity contribution in [2.75, 3.05) is 0 Å². The van der Waals surface area contributed by atoms with Crippen LogP contribution in [0.3, 0.4) is 0 Å². The Hall–Kier alpha value is -1.68. The van der Waals surface area contributed by atoms with Crippen LogP contribution in [0.2, 0.25) is 0 Å². The normalized spacial score (nSPS) is 12.7. The fourth-order valence-corrected chi connectivity index (χ4v) is 2.70. The van der Waals surface area contributed by atoms with Gasteiger partial charge >= 0.3 is 0 Å². The highest BCUT2D eigenvalue weighted by atomic mass is 32.2. The molecule has 2 aromatic carbocycles. The number of hydrogen-bond donors (Lipinski definition) is 3. The number of aromatic hydroxyl groups is 1. The summed E-state index contributed by atoms with van der Waals surface area (Å²) in [4.78, 5) is -1.53. The smallest absolute Gasteiger partial charge is 0.295 e. The molecule has 0 unspecified atom stereocenters. The van der Waals surface area contributed by atoms with E-state index in [1.165, 1.54) is 6.07 Å². The van der Waals surface area contributed by atoms with Gasteiger partial charge in [0.15, 0.2) is 0 Å². The van der Waals surface area contributed by atoms with Crippen LogP contribution in [0.15, 0.2) is 28.0 Å². The van der Waals surface area contributed by atoms with E-state index in [2.05, 4.69) is 6.07 Å². The lowest BCUT2D eigenvalue weighted by Crippen LogP contribution is -2.02. The molecule has 2 aromatic rings. The van der Waals surface area contributed by atoms with Gasteiger partial charge in [-0.2, -0.15) is 16.8 Å². The van der Waals surface area contributed by atoms with E-state index in [4.69, 9.17) is 9.11 Å². The van der Waals surface area contributed by atoms with Gasteiger partial charge in [-0.15, -0.1) is 0 Å². The lowest BCUT2D eigenvalue weighted by Gasteiger charge is -2.06. The first-order chi connectivity index (χ1) is 8.60. The highest BCUT2D eigenvalue weighted by molar-refractivity contribution is 7.86. The molecule has 0 spiro atoms. The van der Waals surface area contributed by atoms with Crippen LogP contribution in [0.1, 0.15) is 0 Å². The average molecular weight is 302 g/mol. The van der Waals surface area contributed by atoms with E-state index in [1.54, 1.807) is 0 Å². The number of phenolic OH excluding ortho intramolecular Hbond substituents is 1. The molecule has 0 aliphatic rings. The molecule has 0 aromatic heterocycles. The predicted octanol–water partition coefficient (Wildman–Crippen LogP) is 0.639. The van der Waals surface area contributed by atoms with Gasteiger partial charge in [-0.25, -0.2) is 0 Å². The Morgan fingerprint density at radius 1 is 1.00 bits per heavy atom. The molecular formula is C10H6O7S2. The molecule has 19 heavy (non-hydrogen) atoms. The van der Waals surface area contributed by atoms with Gasteiger partial charge in [0.25, 0.3) is 20.2 Å². The molecule has 0 atom stereocenters. The lowest BCUT2D eigenvalue weighted by molar-refractivity contribution is 0.469.